The van der Waals surface area contributed by atoms with E-state index in [-0.39, 0.29) is 11.8 Å². The normalized spacial score (nSPS) is 29.9. The van der Waals surface area contributed by atoms with Crippen LogP contribution >= 0.6 is 0 Å². The van der Waals surface area contributed by atoms with Crippen molar-refractivity contribution in [2.45, 2.75) is 12.5 Å². The first-order valence-corrected chi connectivity index (χ1v) is 8.92. The number of piperidine rings is 1. The topological polar surface area (TPSA) is 70.2 Å². The maximum Gasteiger partial charge on any atom is 0.226 e. The van der Waals surface area contributed by atoms with Crippen LogP contribution in [0.4, 0.5) is 0 Å². The van der Waals surface area contributed by atoms with Crippen molar-refractivity contribution >= 4 is 5.91 Å². The lowest BCUT2D eigenvalue weighted by molar-refractivity contribution is -0.134. The Morgan fingerprint density at radius 3 is 2.96 bits per heavy atom. The Morgan fingerprint density at radius 2 is 2.16 bits per heavy atom. The van der Waals surface area contributed by atoms with Gasteiger partial charge in [0.15, 0.2) is 0 Å². The van der Waals surface area contributed by atoms with Gasteiger partial charge >= 0.3 is 0 Å². The van der Waals surface area contributed by atoms with Gasteiger partial charge in [-0.1, -0.05) is 12.1 Å². The van der Waals surface area contributed by atoms with E-state index in [9.17, 15) is 4.79 Å². The number of amides is 1. The standard InChI is InChI=1S/C19H22N4O2/c1-25-12-4-2-3-11(5-12)15-8-23(9-16-18(15)22-10-21-16)19(24)17-13-6-20-7-14(13)17/h2-5,10,13-15,17,20H,6-9H2,1H3,(H,21,22)/t13-,14+,15?,17?. The van der Waals surface area contributed by atoms with E-state index in [1.807, 2.05) is 23.1 Å². The van der Waals surface area contributed by atoms with E-state index >= 15 is 0 Å². The van der Waals surface area contributed by atoms with Gasteiger partial charge < -0.3 is 19.9 Å². The number of imidazole rings is 1. The Morgan fingerprint density at radius 1 is 1.32 bits per heavy atom. The van der Waals surface area contributed by atoms with Gasteiger partial charge in [-0.15, -0.1) is 0 Å². The maximum atomic E-state index is 13.0. The second-order valence-electron chi connectivity index (χ2n) is 7.33. The van der Waals surface area contributed by atoms with Crippen LogP contribution in [0.5, 0.6) is 5.75 Å². The molecule has 130 valence electrons. The molecule has 0 bridgehead atoms. The van der Waals surface area contributed by atoms with E-state index < -0.39 is 0 Å². The fourth-order valence-corrected chi connectivity index (χ4v) is 4.61. The van der Waals surface area contributed by atoms with E-state index in [1.54, 1.807) is 13.4 Å². The van der Waals surface area contributed by atoms with Crippen molar-refractivity contribution in [3.05, 3.63) is 47.5 Å². The predicted molar refractivity (Wildman–Crippen MR) is 92.2 cm³/mol. The number of nitrogens with zero attached hydrogens (tertiary/aromatic N) is 2. The number of rotatable bonds is 3. The summed E-state index contributed by atoms with van der Waals surface area (Å²) >= 11 is 0. The molecule has 5 rings (SSSR count). The summed E-state index contributed by atoms with van der Waals surface area (Å²) in [4.78, 5) is 22.8. The van der Waals surface area contributed by atoms with Crippen molar-refractivity contribution in [3.8, 4) is 5.75 Å². The molecule has 0 spiro atoms. The average Bonchev–Trinajstić information content (AvgIpc) is 3.02. The predicted octanol–water partition coefficient (Wildman–Crippen LogP) is 1.36. The highest BCUT2D eigenvalue weighted by molar-refractivity contribution is 5.83. The quantitative estimate of drug-likeness (QED) is 0.886. The maximum absolute atomic E-state index is 13.0. The highest BCUT2D eigenvalue weighted by Gasteiger charge is 2.58. The van der Waals surface area contributed by atoms with Gasteiger partial charge in [-0.05, 0) is 42.6 Å². The van der Waals surface area contributed by atoms with Crippen LogP contribution in [0, 0.1) is 17.8 Å². The zero-order valence-corrected chi connectivity index (χ0v) is 14.2. The summed E-state index contributed by atoms with van der Waals surface area (Å²) in [5.74, 6) is 2.55. The molecule has 1 aromatic heterocycles. The Balaban J connectivity index is 1.44. The summed E-state index contributed by atoms with van der Waals surface area (Å²) in [5.41, 5.74) is 3.24. The number of fused-ring (bicyclic) bond motifs is 2. The first-order valence-electron chi connectivity index (χ1n) is 8.92. The van der Waals surface area contributed by atoms with Gasteiger partial charge in [0.2, 0.25) is 5.91 Å². The minimum absolute atomic E-state index is 0.0887. The summed E-state index contributed by atoms with van der Waals surface area (Å²) in [6.45, 7) is 3.30. The van der Waals surface area contributed by atoms with Crippen LogP contribution in [0.25, 0.3) is 0 Å². The molecule has 3 aliphatic rings. The smallest absolute Gasteiger partial charge is 0.226 e. The Hall–Kier alpha value is -2.34. The molecular weight excluding hydrogens is 316 g/mol. The largest absolute Gasteiger partial charge is 0.497 e. The molecule has 2 unspecified atom stereocenters. The number of nitrogens with one attached hydrogen (secondary N) is 2. The van der Waals surface area contributed by atoms with Crippen LogP contribution in [-0.4, -0.2) is 47.5 Å². The second kappa shape index (κ2) is 5.59. The molecule has 0 radical (unpaired) electrons. The van der Waals surface area contributed by atoms with Gasteiger partial charge in [-0.3, -0.25) is 4.79 Å². The third kappa shape index (κ3) is 2.35. The van der Waals surface area contributed by atoms with Crippen LogP contribution < -0.4 is 10.1 Å². The minimum atomic E-state index is 0.0887. The van der Waals surface area contributed by atoms with E-state index in [2.05, 4.69) is 21.4 Å². The number of ether oxygens (including phenoxy) is 1. The van der Waals surface area contributed by atoms with Gasteiger partial charge in [-0.25, -0.2) is 4.98 Å². The first-order chi connectivity index (χ1) is 12.3. The van der Waals surface area contributed by atoms with Gasteiger partial charge in [0.25, 0.3) is 0 Å². The fourth-order valence-electron chi connectivity index (χ4n) is 4.61. The molecule has 2 aliphatic heterocycles. The van der Waals surface area contributed by atoms with Crippen molar-refractivity contribution in [1.82, 2.24) is 20.2 Å². The Bertz CT molecular complexity index is 807. The molecule has 2 aromatic rings. The lowest BCUT2D eigenvalue weighted by atomic mass is 9.90. The third-order valence-corrected chi connectivity index (χ3v) is 6.02. The fraction of sp³-hybridized carbons (Fsp3) is 0.474. The number of aromatic nitrogens is 2. The Kier molecular flexibility index (Phi) is 3.35. The number of carbonyl (C=O) groups is 1. The average molecular weight is 338 g/mol. The summed E-state index contributed by atoms with van der Waals surface area (Å²) in [6.07, 6.45) is 1.74. The molecular formula is C19H22N4O2. The molecule has 6 nitrogen and oxygen atoms in total. The van der Waals surface area contributed by atoms with E-state index in [1.165, 1.54) is 0 Å². The molecule has 1 aliphatic carbocycles. The van der Waals surface area contributed by atoms with Crippen LogP contribution in [0.1, 0.15) is 22.9 Å². The lowest BCUT2D eigenvalue weighted by Gasteiger charge is -2.33. The molecule has 1 amide bonds. The van der Waals surface area contributed by atoms with Gasteiger partial charge in [0.05, 0.1) is 31.4 Å². The summed E-state index contributed by atoms with van der Waals surface area (Å²) < 4.78 is 5.37. The van der Waals surface area contributed by atoms with Crippen molar-refractivity contribution in [3.63, 3.8) is 0 Å². The molecule has 4 atom stereocenters. The van der Waals surface area contributed by atoms with Gasteiger partial charge in [-0.2, -0.15) is 0 Å². The molecule has 6 heteroatoms. The number of methoxy groups -OCH3 is 1. The molecule has 2 fully saturated rings. The SMILES string of the molecule is COc1cccc(C2CN(C(=O)C3[C@H]4CNC[C@@H]34)Cc3[nH]cnc32)c1. The van der Waals surface area contributed by atoms with E-state index in [0.717, 1.165) is 35.8 Å². The molecule has 25 heavy (non-hydrogen) atoms. The second-order valence-corrected chi connectivity index (χ2v) is 7.33. The number of benzene rings is 1. The molecule has 1 aromatic carbocycles. The van der Waals surface area contributed by atoms with Crippen molar-refractivity contribution < 1.29 is 9.53 Å². The van der Waals surface area contributed by atoms with Gasteiger partial charge in [0, 0.05) is 18.4 Å². The number of carbonyl (C=O) groups excluding carboxylic acids is 1. The number of hydrogen-bond acceptors (Lipinski definition) is 4. The minimum Gasteiger partial charge on any atom is -0.497 e. The summed E-state index contributed by atoms with van der Waals surface area (Å²) in [5, 5.41) is 3.37. The molecule has 2 N–H and O–H groups in total. The highest BCUT2D eigenvalue weighted by Crippen LogP contribution is 2.50. The first kappa shape index (κ1) is 15.0. The van der Waals surface area contributed by atoms with E-state index in [4.69, 9.17) is 4.74 Å². The summed E-state index contributed by atoms with van der Waals surface area (Å²) in [6, 6.07) is 8.08. The molecule has 1 saturated carbocycles. The number of H-pyrrole nitrogens is 1. The third-order valence-electron chi connectivity index (χ3n) is 6.02. The zero-order chi connectivity index (χ0) is 17.0. The van der Waals surface area contributed by atoms with Gasteiger partial charge in [0.1, 0.15) is 5.75 Å². The van der Waals surface area contributed by atoms with Crippen molar-refractivity contribution in [1.29, 1.82) is 0 Å². The highest BCUT2D eigenvalue weighted by atomic mass is 16.5. The van der Waals surface area contributed by atoms with Crippen LogP contribution in [0.15, 0.2) is 30.6 Å². The lowest BCUT2D eigenvalue weighted by Crippen LogP contribution is -2.41. The van der Waals surface area contributed by atoms with Crippen LogP contribution in [0.2, 0.25) is 0 Å². The molecule has 1 saturated heterocycles. The van der Waals surface area contributed by atoms with Crippen molar-refractivity contribution in [2.24, 2.45) is 17.8 Å². The number of hydrogen-bond donors (Lipinski definition) is 2. The van der Waals surface area contributed by atoms with Crippen molar-refractivity contribution in [2.75, 3.05) is 26.7 Å². The van der Waals surface area contributed by atoms with Crippen LogP contribution in [0.3, 0.4) is 0 Å². The zero-order valence-electron chi connectivity index (χ0n) is 14.2. The summed E-state index contributed by atoms with van der Waals surface area (Å²) in [7, 11) is 1.68. The van der Waals surface area contributed by atoms with Crippen LogP contribution in [-0.2, 0) is 11.3 Å². The van der Waals surface area contributed by atoms with E-state index in [0.29, 0.717) is 30.8 Å². The number of aromatic amines is 1. The monoisotopic (exact) mass is 338 g/mol. The molecule has 3 heterocycles. The Labute approximate surface area is 146 Å².